The minimum Gasteiger partial charge on any atom is -0.497 e. The Morgan fingerprint density at radius 2 is 1.91 bits per heavy atom. The van der Waals surface area contributed by atoms with Crippen molar-refractivity contribution in [3.63, 3.8) is 0 Å². The van der Waals surface area contributed by atoms with Crippen molar-refractivity contribution < 1.29 is 9.15 Å². The van der Waals surface area contributed by atoms with E-state index < -0.39 is 0 Å². The van der Waals surface area contributed by atoms with Crippen molar-refractivity contribution in [2.45, 2.75) is 6.92 Å². The predicted molar refractivity (Wildman–Crippen MR) is 87.8 cm³/mol. The van der Waals surface area contributed by atoms with Crippen LogP contribution in [0.15, 0.2) is 47.1 Å². The summed E-state index contributed by atoms with van der Waals surface area (Å²) in [4.78, 5) is 4.32. The molecule has 0 amide bonds. The maximum atomic E-state index is 9.51. The highest BCUT2D eigenvalue weighted by molar-refractivity contribution is 5.89. The SMILES string of the molecule is COc1ccc(-c2c(C)nc(N)c(C#N)c2-c2ccco2)cc1. The van der Waals surface area contributed by atoms with Gasteiger partial charge in [0, 0.05) is 16.8 Å². The molecular formula is C18H15N3O2. The Labute approximate surface area is 134 Å². The van der Waals surface area contributed by atoms with Gasteiger partial charge in [0.1, 0.15) is 29.0 Å². The van der Waals surface area contributed by atoms with E-state index in [0.29, 0.717) is 16.9 Å². The highest BCUT2D eigenvalue weighted by Crippen LogP contribution is 2.39. The number of hydrogen-bond donors (Lipinski definition) is 1. The molecule has 0 aliphatic heterocycles. The molecule has 3 aromatic rings. The molecule has 2 aromatic heterocycles. The Bertz CT molecular complexity index is 876. The van der Waals surface area contributed by atoms with Gasteiger partial charge in [-0.3, -0.25) is 0 Å². The van der Waals surface area contributed by atoms with Gasteiger partial charge in [-0.25, -0.2) is 4.98 Å². The lowest BCUT2D eigenvalue weighted by Crippen LogP contribution is -2.03. The van der Waals surface area contributed by atoms with Crippen LogP contribution in [0, 0.1) is 18.3 Å². The van der Waals surface area contributed by atoms with Gasteiger partial charge in [-0.2, -0.15) is 5.26 Å². The van der Waals surface area contributed by atoms with Crippen molar-refractivity contribution in [1.82, 2.24) is 4.98 Å². The van der Waals surface area contributed by atoms with Gasteiger partial charge >= 0.3 is 0 Å². The zero-order valence-corrected chi connectivity index (χ0v) is 12.8. The smallest absolute Gasteiger partial charge is 0.142 e. The highest BCUT2D eigenvalue weighted by Gasteiger charge is 2.21. The molecule has 0 unspecified atom stereocenters. The molecule has 0 radical (unpaired) electrons. The lowest BCUT2D eigenvalue weighted by molar-refractivity contribution is 0.415. The summed E-state index contributed by atoms with van der Waals surface area (Å²) in [6, 6.07) is 13.3. The minimum atomic E-state index is 0.202. The molecule has 0 saturated carbocycles. The van der Waals surface area contributed by atoms with Crippen LogP contribution >= 0.6 is 0 Å². The number of rotatable bonds is 3. The zero-order valence-electron chi connectivity index (χ0n) is 12.8. The van der Waals surface area contributed by atoms with Crippen LogP contribution in [0.25, 0.3) is 22.5 Å². The quantitative estimate of drug-likeness (QED) is 0.796. The molecule has 2 heterocycles. The van der Waals surface area contributed by atoms with Gasteiger partial charge in [-0.1, -0.05) is 12.1 Å². The van der Waals surface area contributed by atoms with Crippen LogP contribution in [-0.4, -0.2) is 12.1 Å². The van der Waals surface area contributed by atoms with Gasteiger partial charge < -0.3 is 14.9 Å². The van der Waals surface area contributed by atoms with Gasteiger partial charge in [-0.15, -0.1) is 0 Å². The first-order valence-electron chi connectivity index (χ1n) is 7.04. The van der Waals surface area contributed by atoms with Gasteiger partial charge in [0.15, 0.2) is 0 Å². The van der Waals surface area contributed by atoms with E-state index in [1.54, 1.807) is 19.4 Å². The van der Waals surface area contributed by atoms with Crippen LogP contribution in [0.4, 0.5) is 5.82 Å². The molecule has 0 bridgehead atoms. The number of nitriles is 1. The van der Waals surface area contributed by atoms with E-state index in [9.17, 15) is 5.26 Å². The summed E-state index contributed by atoms with van der Waals surface area (Å²) in [7, 11) is 1.62. The molecule has 0 saturated heterocycles. The second kappa shape index (κ2) is 5.85. The largest absolute Gasteiger partial charge is 0.497 e. The number of nitrogen functional groups attached to an aromatic ring is 1. The van der Waals surface area contributed by atoms with E-state index in [1.807, 2.05) is 37.3 Å². The molecule has 3 rings (SSSR count). The molecule has 114 valence electrons. The van der Waals surface area contributed by atoms with E-state index in [1.165, 1.54) is 0 Å². The molecule has 0 aliphatic rings. The number of aryl methyl sites for hydroxylation is 1. The Morgan fingerprint density at radius 1 is 1.17 bits per heavy atom. The molecule has 5 heteroatoms. The van der Waals surface area contributed by atoms with Crippen LogP contribution in [0.2, 0.25) is 0 Å². The van der Waals surface area contributed by atoms with Crippen LogP contribution < -0.4 is 10.5 Å². The highest BCUT2D eigenvalue weighted by atomic mass is 16.5. The molecule has 0 aliphatic carbocycles. The third kappa shape index (κ3) is 2.51. The van der Waals surface area contributed by atoms with Crippen LogP contribution in [0.1, 0.15) is 11.3 Å². The molecule has 23 heavy (non-hydrogen) atoms. The van der Waals surface area contributed by atoms with Gasteiger partial charge in [0.2, 0.25) is 0 Å². The molecule has 5 nitrogen and oxygen atoms in total. The normalized spacial score (nSPS) is 10.3. The number of aromatic nitrogens is 1. The monoisotopic (exact) mass is 305 g/mol. The summed E-state index contributed by atoms with van der Waals surface area (Å²) in [6.45, 7) is 1.86. The fraction of sp³-hybridized carbons (Fsp3) is 0.111. The van der Waals surface area contributed by atoms with Gasteiger partial charge in [0.25, 0.3) is 0 Å². The van der Waals surface area contributed by atoms with E-state index in [-0.39, 0.29) is 5.82 Å². The average Bonchev–Trinajstić information content (AvgIpc) is 3.08. The number of pyridine rings is 1. The Hall–Kier alpha value is -3.26. The van der Waals surface area contributed by atoms with E-state index in [2.05, 4.69) is 11.1 Å². The van der Waals surface area contributed by atoms with Crippen molar-refractivity contribution in [3.8, 4) is 34.3 Å². The van der Waals surface area contributed by atoms with Crippen molar-refractivity contribution in [1.29, 1.82) is 5.26 Å². The number of benzene rings is 1. The van der Waals surface area contributed by atoms with Crippen molar-refractivity contribution >= 4 is 5.82 Å². The summed E-state index contributed by atoms with van der Waals surface area (Å²) in [5.74, 6) is 1.55. The fourth-order valence-corrected chi connectivity index (χ4v) is 2.62. The second-order valence-electron chi connectivity index (χ2n) is 5.03. The number of methoxy groups -OCH3 is 1. The first-order valence-corrected chi connectivity index (χ1v) is 7.04. The van der Waals surface area contributed by atoms with Gasteiger partial charge in [0.05, 0.1) is 13.4 Å². The molecule has 0 spiro atoms. The maximum absolute atomic E-state index is 9.51. The first kappa shape index (κ1) is 14.7. The number of anilines is 1. The van der Waals surface area contributed by atoms with Crippen molar-refractivity contribution in [3.05, 3.63) is 53.9 Å². The summed E-state index contributed by atoms with van der Waals surface area (Å²) >= 11 is 0. The molecular weight excluding hydrogens is 290 g/mol. The third-order valence-corrected chi connectivity index (χ3v) is 3.66. The molecule has 0 atom stereocenters. The van der Waals surface area contributed by atoms with E-state index in [0.717, 1.165) is 22.6 Å². The van der Waals surface area contributed by atoms with E-state index >= 15 is 0 Å². The Morgan fingerprint density at radius 3 is 2.48 bits per heavy atom. The summed E-state index contributed by atoms with van der Waals surface area (Å²) < 4.78 is 10.7. The van der Waals surface area contributed by atoms with Crippen molar-refractivity contribution in [2.75, 3.05) is 12.8 Å². The van der Waals surface area contributed by atoms with E-state index in [4.69, 9.17) is 14.9 Å². The summed E-state index contributed by atoms with van der Waals surface area (Å²) in [5, 5.41) is 9.51. The summed E-state index contributed by atoms with van der Waals surface area (Å²) in [5.41, 5.74) is 9.39. The third-order valence-electron chi connectivity index (χ3n) is 3.66. The standard InChI is InChI=1S/C18H15N3O2/c1-11-16(12-5-7-13(22-2)8-6-12)17(15-4-3-9-23-15)14(10-19)18(20)21-11/h3-9H,1-2H3,(H2,20,21). The number of ether oxygens (including phenoxy) is 1. The van der Waals surface area contributed by atoms with Crippen LogP contribution in [0.5, 0.6) is 5.75 Å². The van der Waals surface area contributed by atoms with Crippen molar-refractivity contribution in [2.24, 2.45) is 0 Å². The first-order chi connectivity index (χ1) is 11.2. The van der Waals surface area contributed by atoms with Crippen LogP contribution in [0.3, 0.4) is 0 Å². The fourth-order valence-electron chi connectivity index (χ4n) is 2.62. The van der Waals surface area contributed by atoms with Crippen LogP contribution in [-0.2, 0) is 0 Å². The summed E-state index contributed by atoms with van der Waals surface area (Å²) in [6.07, 6.45) is 1.57. The van der Waals surface area contributed by atoms with Gasteiger partial charge in [-0.05, 0) is 36.8 Å². The zero-order chi connectivity index (χ0) is 16.4. The molecule has 2 N–H and O–H groups in total. The minimum absolute atomic E-state index is 0.202. The maximum Gasteiger partial charge on any atom is 0.142 e. The lowest BCUT2D eigenvalue weighted by Gasteiger charge is -2.14. The number of nitrogens with zero attached hydrogens (tertiary/aromatic N) is 2. The Balaban J connectivity index is 2.33. The number of nitrogens with two attached hydrogens (primary N) is 1. The second-order valence-corrected chi connectivity index (χ2v) is 5.03. The lowest BCUT2D eigenvalue weighted by atomic mass is 9.93. The Kier molecular flexibility index (Phi) is 3.73. The molecule has 0 fully saturated rings. The average molecular weight is 305 g/mol. The number of hydrogen-bond acceptors (Lipinski definition) is 5. The molecule has 1 aromatic carbocycles. The predicted octanol–water partition coefficient (Wildman–Crippen LogP) is 3.78. The number of furan rings is 1. The topological polar surface area (TPSA) is 85.1 Å².